The molecule has 4 nitrogen and oxygen atoms in total. The number of fused-ring (bicyclic) bond motifs is 1. The second kappa shape index (κ2) is 4.68. The number of carbonyl (C=O) groups excluding carboxylic acids is 2. The Hall–Kier alpha value is -1.84. The molecule has 0 radical (unpaired) electrons. The number of rotatable bonds is 4. The summed E-state index contributed by atoms with van der Waals surface area (Å²) >= 11 is 0. The van der Waals surface area contributed by atoms with Crippen molar-refractivity contribution in [3.63, 3.8) is 0 Å². The van der Waals surface area contributed by atoms with Gasteiger partial charge in [0.05, 0.1) is 0 Å². The fourth-order valence-corrected chi connectivity index (χ4v) is 2.63. The third-order valence-electron chi connectivity index (χ3n) is 4.01. The van der Waals surface area contributed by atoms with Crippen LogP contribution in [0.15, 0.2) is 18.2 Å². The molecule has 100 valence electrons. The first-order valence-electron chi connectivity index (χ1n) is 6.84. The van der Waals surface area contributed by atoms with E-state index in [2.05, 4.69) is 17.6 Å². The molecule has 1 fully saturated rings. The summed E-state index contributed by atoms with van der Waals surface area (Å²) in [6.45, 7) is 2.72. The minimum absolute atomic E-state index is 0.0396. The van der Waals surface area contributed by atoms with Gasteiger partial charge in [-0.25, -0.2) is 0 Å². The lowest BCUT2D eigenvalue weighted by Gasteiger charge is -2.10. The predicted octanol–water partition coefficient (Wildman–Crippen LogP) is 2.30. The standard InChI is InChI=1S/C15H18N2O2/c1-9(10-2-3-10)6-14(18)17-12-5-4-11-8-16-15(19)13(11)7-12/h4-5,7,9-10H,2-3,6,8H2,1H3,(H,16,19)(H,17,18)/t9-/m1/s1. The van der Waals surface area contributed by atoms with Crippen molar-refractivity contribution < 1.29 is 9.59 Å². The lowest BCUT2D eigenvalue weighted by atomic mass is 10.0. The van der Waals surface area contributed by atoms with E-state index in [0.29, 0.717) is 30.1 Å². The summed E-state index contributed by atoms with van der Waals surface area (Å²) in [5.74, 6) is 1.17. The molecule has 0 spiro atoms. The number of nitrogens with one attached hydrogen (secondary N) is 2. The minimum atomic E-state index is -0.0579. The van der Waals surface area contributed by atoms with Crippen molar-refractivity contribution in [1.82, 2.24) is 5.32 Å². The van der Waals surface area contributed by atoms with Crippen molar-refractivity contribution in [1.29, 1.82) is 0 Å². The summed E-state index contributed by atoms with van der Waals surface area (Å²) in [6.07, 6.45) is 3.08. The van der Waals surface area contributed by atoms with Crippen LogP contribution in [-0.4, -0.2) is 11.8 Å². The van der Waals surface area contributed by atoms with Gasteiger partial charge in [-0.2, -0.15) is 0 Å². The molecular weight excluding hydrogens is 240 g/mol. The van der Waals surface area contributed by atoms with Crippen LogP contribution in [0.1, 0.15) is 42.1 Å². The SMILES string of the molecule is C[C@H](CC(=O)Nc1ccc2c(c1)C(=O)NC2)C1CC1. The molecule has 2 aliphatic rings. The van der Waals surface area contributed by atoms with Gasteiger partial charge in [0.15, 0.2) is 0 Å². The summed E-state index contributed by atoms with van der Waals surface area (Å²) in [5, 5.41) is 5.66. The van der Waals surface area contributed by atoms with Crippen molar-refractivity contribution in [2.45, 2.75) is 32.7 Å². The lowest BCUT2D eigenvalue weighted by Crippen LogP contribution is -2.16. The van der Waals surface area contributed by atoms with Crippen molar-refractivity contribution in [2.24, 2.45) is 11.8 Å². The van der Waals surface area contributed by atoms with E-state index in [1.165, 1.54) is 12.8 Å². The normalized spacial score (nSPS) is 18.7. The number of hydrogen-bond acceptors (Lipinski definition) is 2. The molecule has 0 saturated heterocycles. The van der Waals surface area contributed by atoms with Crippen molar-refractivity contribution in [3.8, 4) is 0 Å². The summed E-state index contributed by atoms with van der Waals surface area (Å²) in [5.41, 5.74) is 2.38. The van der Waals surface area contributed by atoms with Crippen LogP contribution >= 0.6 is 0 Å². The Bertz CT molecular complexity index is 535. The van der Waals surface area contributed by atoms with Gasteiger partial charge in [0.1, 0.15) is 0 Å². The van der Waals surface area contributed by atoms with Crippen LogP contribution in [0.2, 0.25) is 0 Å². The molecule has 3 rings (SSSR count). The second-order valence-electron chi connectivity index (χ2n) is 5.62. The molecule has 0 bridgehead atoms. The maximum atomic E-state index is 11.9. The van der Waals surface area contributed by atoms with Crippen LogP contribution in [-0.2, 0) is 11.3 Å². The molecule has 19 heavy (non-hydrogen) atoms. The van der Waals surface area contributed by atoms with E-state index >= 15 is 0 Å². The maximum absolute atomic E-state index is 11.9. The van der Waals surface area contributed by atoms with Gasteiger partial charge >= 0.3 is 0 Å². The summed E-state index contributed by atoms with van der Waals surface area (Å²) in [7, 11) is 0. The van der Waals surface area contributed by atoms with Gasteiger partial charge in [-0.05, 0) is 42.4 Å². The highest BCUT2D eigenvalue weighted by Gasteiger charge is 2.29. The fraction of sp³-hybridized carbons (Fsp3) is 0.467. The van der Waals surface area contributed by atoms with E-state index in [-0.39, 0.29) is 11.8 Å². The quantitative estimate of drug-likeness (QED) is 0.870. The van der Waals surface area contributed by atoms with Gasteiger partial charge in [-0.3, -0.25) is 9.59 Å². The van der Waals surface area contributed by atoms with Gasteiger partial charge in [-0.1, -0.05) is 13.0 Å². The van der Waals surface area contributed by atoms with Crippen molar-refractivity contribution >= 4 is 17.5 Å². The number of carbonyl (C=O) groups is 2. The Morgan fingerprint density at radius 3 is 3.00 bits per heavy atom. The van der Waals surface area contributed by atoms with E-state index in [4.69, 9.17) is 0 Å². The lowest BCUT2D eigenvalue weighted by molar-refractivity contribution is -0.117. The number of hydrogen-bond donors (Lipinski definition) is 2. The molecule has 1 aliphatic carbocycles. The molecular formula is C15H18N2O2. The van der Waals surface area contributed by atoms with Crippen LogP contribution in [0.4, 0.5) is 5.69 Å². The first-order chi connectivity index (χ1) is 9.13. The first-order valence-corrected chi connectivity index (χ1v) is 6.84. The van der Waals surface area contributed by atoms with E-state index < -0.39 is 0 Å². The number of anilines is 1. The molecule has 0 unspecified atom stereocenters. The zero-order valence-corrected chi connectivity index (χ0v) is 11.0. The van der Waals surface area contributed by atoms with Crippen LogP contribution in [0, 0.1) is 11.8 Å². The molecule has 2 N–H and O–H groups in total. The molecule has 1 aliphatic heterocycles. The largest absolute Gasteiger partial charge is 0.348 e. The Balaban J connectivity index is 1.64. The van der Waals surface area contributed by atoms with Gasteiger partial charge < -0.3 is 10.6 Å². The Morgan fingerprint density at radius 2 is 2.26 bits per heavy atom. The van der Waals surface area contributed by atoms with Crippen LogP contribution in [0.5, 0.6) is 0 Å². The monoisotopic (exact) mass is 258 g/mol. The zero-order valence-electron chi connectivity index (χ0n) is 11.0. The molecule has 4 heteroatoms. The highest BCUT2D eigenvalue weighted by molar-refractivity contribution is 6.00. The Kier molecular flexibility index (Phi) is 3.01. The molecule has 0 aromatic heterocycles. The summed E-state index contributed by atoms with van der Waals surface area (Å²) < 4.78 is 0. The molecule has 2 amide bonds. The topological polar surface area (TPSA) is 58.2 Å². The summed E-state index contributed by atoms with van der Waals surface area (Å²) in [4.78, 5) is 23.5. The Labute approximate surface area is 112 Å². The summed E-state index contributed by atoms with van der Waals surface area (Å²) in [6, 6.07) is 5.52. The second-order valence-corrected chi connectivity index (χ2v) is 5.62. The predicted molar refractivity (Wildman–Crippen MR) is 72.7 cm³/mol. The Morgan fingerprint density at radius 1 is 1.47 bits per heavy atom. The maximum Gasteiger partial charge on any atom is 0.251 e. The van der Waals surface area contributed by atoms with E-state index in [1.54, 1.807) is 6.07 Å². The minimum Gasteiger partial charge on any atom is -0.348 e. The fourth-order valence-electron chi connectivity index (χ4n) is 2.63. The van der Waals surface area contributed by atoms with Gasteiger partial charge in [0.2, 0.25) is 5.91 Å². The first kappa shape index (κ1) is 12.2. The highest BCUT2D eigenvalue weighted by atomic mass is 16.2. The number of amides is 2. The molecule has 1 aromatic carbocycles. The molecule has 1 heterocycles. The van der Waals surface area contributed by atoms with Gasteiger partial charge in [0.25, 0.3) is 5.91 Å². The van der Waals surface area contributed by atoms with Gasteiger partial charge in [-0.15, -0.1) is 0 Å². The van der Waals surface area contributed by atoms with E-state index in [0.717, 1.165) is 11.5 Å². The highest BCUT2D eigenvalue weighted by Crippen LogP contribution is 2.38. The average molecular weight is 258 g/mol. The van der Waals surface area contributed by atoms with Gasteiger partial charge in [0, 0.05) is 24.2 Å². The number of benzene rings is 1. The third kappa shape index (κ3) is 2.62. The van der Waals surface area contributed by atoms with Crippen LogP contribution in [0.25, 0.3) is 0 Å². The van der Waals surface area contributed by atoms with E-state index in [1.807, 2.05) is 12.1 Å². The van der Waals surface area contributed by atoms with Crippen LogP contribution in [0.3, 0.4) is 0 Å². The van der Waals surface area contributed by atoms with Crippen LogP contribution < -0.4 is 10.6 Å². The molecule has 1 saturated carbocycles. The molecule has 1 aromatic rings. The molecule has 1 atom stereocenters. The van der Waals surface area contributed by atoms with Crippen molar-refractivity contribution in [3.05, 3.63) is 29.3 Å². The zero-order chi connectivity index (χ0) is 13.4. The van der Waals surface area contributed by atoms with E-state index in [9.17, 15) is 9.59 Å². The smallest absolute Gasteiger partial charge is 0.251 e. The van der Waals surface area contributed by atoms with Crippen molar-refractivity contribution in [2.75, 3.05) is 5.32 Å². The third-order valence-corrected chi connectivity index (χ3v) is 4.01. The average Bonchev–Trinajstić information content (AvgIpc) is 3.16.